The first-order valence-corrected chi connectivity index (χ1v) is 9.99. The molecule has 27 heavy (non-hydrogen) atoms. The molecule has 1 N–H and O–H groups in total. The topological polar surface area (TPSA) is 46.9 Å². The number of carbonyl (C=O) groups is 1. The van der Waals surface area contributed by atoms with Crippen LogP contribution in [0.3, 0.4) is 0 Å². The standard InChI is InChI=1S/C22H24ClN3O/c1-15-7-10-18(11-8-15)24-21(27)14-26-20-12-9-17(23)13-19(20)22(25-26)16-5-3-2-4-6-16/h2-6,9,12-13,15,18H,7-8,10-11,14H2,1H3,(H,24,27). The van der Waals surface area contributed by atoms with E-state index in [1.807, 2.05) is 48.5 Å². The maximum absolute atomic E-state index is 12.6. The lowest BCUT2D eigenvalue weighted by molar-refractivity contribution is -0.122. The zero-order valence-electron chi connectivity index (χ0n) is 15.5. The van der Waals surface area contributed by atoms with Crippen molar-refractivity contribution in [3.63, 3.8) is 0 Å². The van der Waals surface area contributed by atoms with Gasteiger partial charge in [0.25, 0.3) is 0 Å². The van der Waals surface area contributed by atoms with E-state index in [1.165, 1.54) is 12.8 Å². The number of nitrogens with zero attached hydrogens (tertiary/aromatic N) is 2. The molecule has 1 saturated carbocycles. The van der Waals surface area contributed by atoms with E-state index in [9.17, 15) is 4.79 Å². The van der Waals surface area contributed by atoms with E-state index >= 15 is 0 Å². The first-order valence-electron chi connectivity index (χ1n) is 9.61. The molecular formula is C22H24ClN3O. The minimum absolute atomic E-state index is 0.0218. The number of aromatic nitrogens is 2. The number of carbonyl (C=O) groups excluding carboxylic acids is 1. The Morgan fingerprint density at radius 1 is 1.15 bits per heavy atom. The lowest BCUT2D eigenvalue weighted by atomic mass is 9.87. The summed E-state index contributed by atoms with van der Waals surface area (Å²) in [7, 11) is 0. The van der Waals surface area contributed by atoms with Crippen molar-refractivity contribution in [2.24, 2.45) is 5.92 Å². The zero-order chi connectivity index (χ0) is 18.8. The van der Waals surface area contributed by atoms with Gasteiger partial charge in [-0.2, -0.15) is 5.10 Å². The molecule has 2 aromatic carbocycles. The number of rotatable bonds is 4. The van der Waals surface area contributed by atoms with Gasteiger partial charge in [0, 0.05) is 22.0 Å². The van der Waals surface area contributed by atoms with Crippen molar-refractivity contribution in [3.8, 4) is 11.3 Å². The molecule has 0 unspecified atom stereocenters. The SMILES string of the molecule is CC1CCC(NC(=O)Cn2nc(-c3ccccc3)c3cc(Cl)ccc32)CC1. The minimum atomic E-state index is 0.0218. The predicted molar refractivity (Wildman–Crippen MR) is 110 cm³/mol. The predicted octanol–water partition coefficient (Wildman–Crippen LogP) is 5.05. The lowest BCUT2D eigenvalue weighted by Gasteiger charge is -2.26. The Morgan fingerprint density at radius 3 is 2.63 bits per heavy atom. The molecule has 0 saturated heterocycles. The van der Waals surface area contributed by atoms with E-state index in [0.717, 1.165) is 40.9 Å². The van der Waals surface area contributed by atoms with Gasteiger partial charge in [-0.05, 0) is 49.8 Å². The van der Waals surface area contributed by atoms with Crippen LogP contribution in [0.25, 0.3) is 22.2 Å². The third-order valence-electron chi connectivity index (χ3n) is 5.43. The maximum Gasteiger partial charge on any atom is 0.241 e. The third kappa shape index (κ3) is 4.01. The Bertz CT molecular complexity index is 943. The molecule has 1 aliphatic rings. The maximum atomic E-state index is 12.6. The van der Waals surface area contributed by atoms with Gasteiger partial charge < -0.3 is 5.32 Å². The van der Waals surface area contributed by atoms with E-state index in [4.69, 9.17) is 16.7 Å². The summed E-state index contributed by atoms with van der Waals surface area (Å²) in [5, 5.41) is 9.56. The third-order valence-corrected chi connectivity index (χ3v) is 5.67. The fourth-order valence-corrected chi connectivity index (χ4v) is 4.07. The summed E-state index contributed by atoms with van der Waals surface area (Å²) < 4.78 is 1.79. The monoisotopic (exact) mass is 381 g/mol. The number of nitrogens with one attached hydrogen (secondary N) is 1. The van der Waals surface area contributed by atoms with Crippen LogP contribution in [0.2, 0.25) is 5.02 Å². The van der Waals surface area contributed by atoms with Crippen molar-refractivity contribution in [2.75, 3.05) is 0 Å². The summed E-state index contributed by atoms with van der Waals surface area (Å²) in [5.41, 5.74) is 2.79. The average molecular weight is 382 g/mol. The molecular weight excluding hydrogens is 358 g/mol. The van der Waals surface area contributed by atoms with Gasteiger partial charge in [-0.15, -0.1) is 0 Å². The molecule has 5 heteroatoms. The fraction of sp³-hybridized carbons (Fsp3) is 0.364. The van der Waals surface area contributed by atoms with Gasteiger partial charge in [0.15, 0.2) is 0 Å². The molecule has 1 aromatic heterocycles. The van der Waals surface area contributed by atoms with Crippen molar-refractivity contribution in [2.45, 2.75) is 45.2 Å². The lowest BCUT2D eigenvalue weighted by Crippen LogP contribution is -2.39. The Balaban J connectivity index is 1.59. The molecule has 3 aromatic rings. The highest BCUT2D eigenvalue weighted by Gasteiger charge is 2.21. The Hall–Kier alpha value is -2.33. The fourth-order valence-electron chi connectivity index (χ4n) is 3.90. The molecule has 1 amide bonds. The average Bonchev–Trinajstić information content (AvgIpc) is 3.02. The van der Waals surface area contributed by atoms with Crippen molar-refractivity contribution < 1.29 is 4.79 Å². The van der Waals surface area contributed by atoms with E-state index in [0.29, 0.717) is 11.1 Å². The van der Waals surface area contributed by atoms with Crippen LogP contribution in [0.4, 0.5) is 0 Å². The van der Waals surface area contributed by atoms with Crippen LogP contribution in [-0.2, 0) is 11.3 Å². The second-order valence-electron chi connectivity index (χ2n) is 7.56. The first kappa shape index (κ1) is 18.1. The smallest absolute Gasteiger partial charge is 0.241 e. The second-order valence-corrected chi connectivity index (χ2v) is 7.99. The molecule has 4 rings (SSSR count). The summed E-state index contributed by atoms with van der Waals surface area (Å²) in [6, 6.07) is 16.0. The first-order chi connectivity index (χ1) is 13.1. The molecule has 1 heterocycles. The Labute approximate surface area is 164 Å². The Kier molecular flexibility index (Phi) is 5.17. The van der Waals surface area contributed by atoms with E-state index in [2.05, 4.69) is 12.2 Å². The van der Waals surface area contributed by atoms with Crippen molar-refractivity contribution in [3.05, 3.63) is 53.6 Å². The summed E-state index contributed by atoms with van der Waals surface area (Å²) >= 11 is 6.22. The molecule has 140 valence electrons. The molecule has 1 aliphatic carbocycles. The van der Waals surface area contributed by atoms with Gasteiger partial charge in [-0.3, -0.25) is 9.48 Å². The van der Waals surface area contributed by atoms with Crippen molar-refractivity contribution >= 4 is 28.4 Å². The van der Waals surface area contributed by atoms with Crippen LogP contribution in [0.15, 0.2) is 48.5 Å². The number of benzene rings is 2. The number of hydrogen-bond acceptors (Lipinski definition) is 2. The molecule has 1 fully saturated rings. The molecule has 0 spiro atoms. The molecule has 0 radical (unpaired) electrons. The van der Waals surface area contributed by atoms with Crippen molar-refractivity contribution in [1.29, 1.82) is 0 Å². The minimum Gasteiger partial charge on any atom is -0.352 e. The highest BCUT2D eigenvalue weighted by molar-refractivity contribution is 6.31. The van der Waals surface area contributed by atoms with Gasteiger partial charge in [0.2, 0.25) is 5.91 Å². The summed E-state index contributed by atoms with van der Waals surface area (Å²) in [5.74, 6) is 0.792. The van der Waals surface area contributed by atoms with Crippen LogP contribution in [0.1, 0.15) is 32.6 Å². The quantitative estimate of drug-likeness (QED) is 0.687. The van der Waals surface area contributed by atoms with Gasteiger partial charge in [0.1, 0.15) is 12.2 Å². The largest absolute Gasteiger partial charge is 0.352 e. The summed E-state index contributed by atoms with van der Waals surface area (Å²) in [4.78, 5) is 12.6. The number of hydrogen-bond donors (Lipinski definition) is 1. The number of halogens is 1. The Morgan fingerprint density at radius 2 is 1.89 bits per heavy atom. The summed E-state index contributed by atoms with van der Waals surface area (Å²) in [6.45, 7) is 2.50. The van der Waals surface area contributed by atoms with Crippen LogP contribution >= 0.6 is 11.6 Å². The van der Waals surface area contributed by atoms with Crippen molar-refractivity contribution in [1.82, 2.24) is 15.1 Å². The van der Waals surface area contributed by atoms with Gasteiger partial charge in [-0.25, -0.2) is 0 Å². The number of fused-ring (bicyclic) bond motifs is 1. The van der Waals surface area contributed by atoms with Crippen LogP contribution < -0.4 is 5.32 Å². The molecule has 4 nitrogen and oxygen atoms in total. The van der Waals surface area contributed by atoms with Gasteiger partial charge in [0.05, 0.1) is 5.52 Å². The molecule has 0 atom stereocenters. The number of amides is 1. The van der Waals surface area contributed by atoms with E-state index in [-0.39, 0.29) is 12.5 Å². The van der Waals surface area contributed by atoms with E-state index < -0.39 is 0 Å². The second kappa shape index (κ2) is 7.73. The van der Waals surface area contributed by atoms with Gasteiger partial charge >= 0.3 is 0 Å². The van der Waals surface area contributed by atoms with Gasteiger partial charge in [-0.1, -0.05) is 48.9 Å². The zero-order valence-corrected chi connectivity index (χ0v) is 16.2. The molecule has 0 aliphatic heterocycles. The van der Waals surface area contributed by atoms with Crippen LogP contribution in [-0.4, -0.2) is 21.7 Å². The highest BCUT2D eigenvalue weighted by atomic mass is 35.5. The summed E-state index contributed by atoms with van der Waals surface area (Å²) in [6.07, 6.45) is 4.51. The molecule has 0 bridgehead atoms. The normalized spacial score (nSPS) is 19.9. The highest BCUT2D eigenvalue weighted by Crippen LogP contribution is 2.30. The van der Waals surface area contributed by atoms with E-state index in [1.54, 1.807) is 4.68 Å². The van der Waals surface area contributed by atoms with Crippen LogP contribution in [0.5, 0.6) is 0 Å². The van der Waals surface area contributed by atoms with Crippen LogP contribution in [0, 0.1) is 5.92 Å².